The van der Waals surface area contributed by atoms with Crippen LogP contribution in [0.3, 0.4) is 0 Å². The van der Waals surface area contributed by atoms with Crippen LogP contribution in [0.5, 0.6) is 0 Å². The lowest BCUT2D eigenvalue weighted by molar-refractivity contribution is 0.0973. The number of aliphatic hydroxyl groups is 1. The van der Waals surface area contributed by atoms with Crippen LogP contribution in [0.25, 0.3) is 0 Å². The van der Waals surface area contributed by atoms with Crippen molar-refractivity contribution in [1.82, 2.24) is 9.55 Å². The Labute approximate surface area is 107 Å². The van der Waals surface area contributed by atoms with E-state index in [2.05, 4.69) is 22.5 Å². The Balaban J connectivity index is 1.98. The lowest BCUT2D eigenvalue weighted by Crippen LogP contribution is -2.24. The fraction of sp³-hybridized carbons (Fsp3) is 0.400. The highest BCUT2D eigenvalue weighted by molar-refractivity contribution is 5.32. The topological polar surface area (TPSA) is 38.0 Å². The highest BCUT2D eigenvalue weighted by Gasteiger charge is 2.29. The molecule has 3 rings (SSSR count). The molecule has 0 amide bonds. The first kappa shape index (κ1) is 11.5. The number of benzene rings is 1. The summed E-state index contributed by atoms with van der Waals surface area (Å²) < 4.78 is 2.14. The Morgan fingerprint density at radius 2 is 2.22 bits per heavy atom. The number of hydrogen-bond donors (Lipinski definition) is 1. The molecule has 0 aliphatic heterocycles. The van der Waals surface area contributed by atoms with Gasteiger partial charge in [-0.1, -0.05) is 31.2 Å². The van der Waals surface area contributed by atoms with Crippen molar-refractivity contribution in [1.29, 1.82) is 0 Å². The molecule has 1 N–H and O–H groups in total. The summed E-state index contributed by atoms with van der Waals surface area (Å²) in [5, 5.41) is 10.6. The quantitative estimate of drug-likeness (QED) is 0.879. The van der Waals surface area contributed by atoms with Gasteiger partial charge in [0.25, 0.3) is 0 Å². The number of aromatic nitrogens is 2. The van der Waals surface area contributed by atoms with Crippen molar-refractivity contribution in [2.75, 3.05) is 0 Å². The Morgan fingerprint density at radius 1 is 1.39 bits per heavy atom. The largest absolute Gasteiger partial charge is 0.386 e. The molecule has 0 saturated heterocycles. The molecular formula is C15H18N2O. The van der Waals surface area contributed by atoms with Crippen LogP contribution in [0.1, 0.15) is 42.4 Å². The summed E-state index contributed by atoms with van der Waals surface area (Å²) in [6.45, 7) is 2.10. The molecule has 0 saturated carbocycles. The Morgan fingerprint density at radius 3 is 3.06 bits per heavy atom. The van der Waals surface area contributed by atoms with Crippen molar-refractivity contribution in [2.45, 2.75) is 38.3 Å². The van der Waals surface area contributed by atoms with E-state index >= 15 is 0 Å². The molecule has 18 heavy (non-hydrogen) atoms. The minimum absolute atomic E-state index is 0.123. The number of nitrogens with zero attached hydrogens (tertiary/aromatic N) is 2. The second kappa shape index (κ2) is 4.58. The zero-order valence-electron chi connectivity index (χ0n) is 10.6. The van der Waals surface area contributed by atoms with Crippen molar-refractivity contribution in [3.63, 3.8) is 0 Å². The molecule has 2 atom stereocenters. The van der Waals surface area contributed by atoms with Gasteiger partial charge < -0.3 is 9.67 Å². The van der Waals surface area contributed by atoms with E-state index in [4.69, 9.17) is 0 Å². The van der Waals surface area contributed by atoms with E-state index in [0.717, 1.165) is 30.7 Å². The van der Waals surface area contributed by atoms with E-state index in [1.165, 1.54) is 5.56 Å². The van der Waals surface area contributed by atoms with Crippen LogP contribution >= 0.6 is 0 Å². The van der Waals surface area contributed by atoms with E-state index < -0.39 is 6.10 Å². The fourth-order valence-corrected chi connectivity index (χ4v) is 2.93. The predicted octanol–water partition coefficient (Wildman–Crippen LogP) is 2.67. The zero-order chi connectivity index (χ0) is 12.5. The normalized spacial score (nSPS) is 22.8. The number of aliphatic hydroxyl groups excluding tert-OH is 1. The van der Waals surface area contributed by atoms with Crippen molar-refractivity contribution in [2.24, 2.45) is 0 Å². The van der Waals surface area contributed by atoms with Crippen LogP contribution in [0.2, 0.25) is 0 Å². The summed E-state index contributed by atoms with van der Waals surface area (Å²) in [7, 11) is 0. The summed E-state index contributed by atoms with van der Waals surface area (Å²) in [4.78, 5) is 4.35. The molecule has 94 valence electrons. The third-order valence-corrected chi connectivity index (χ3v) is 3.87. The number of rotatable bonds is 2. The molecule has 1 aliphatic carbocycles. The van der Waals surface area contributed by atoms with Gasteiger partial charge in [0.1, 0.15) is 5.82 Å². The van der Waals surface area contributed by atoms with Gasteiger partial charge in [-0.25, -0.2) is 4.98 Å². The van der Waals surface area contributed by atoms with Crippen molar-refractivity contribution >= 4 is 0 Å². The minimum Gasteiger partial charge on any atom is -0.386 e. The summed E-state index contributed by atoms with van der Waals surface area (Å²) in [5.74, 6) is 1.05. The van der Waals surface area contributed by atoms with Crippen LogP contribution < -0.4 is 0 Å². The standard InChI is InChI=1S/C15H18N2O/c1-2-14-16-9-10-17(14)13-8-7-11-5-3-4-6-12(11)15(13)18/h3-6,9-10,13,15,18H,2,7-8H2,1H3. The van der Waals surface area contributed by atoms with Gasteiger partial charge in [0.15, 0.2) is 0 Å². The maximum atomic E-state index is 10.6. The maximum absolute atomic E-state index is 10.6. The molecule has 0 radical (unpaired) electrons. The van der Waals surface area contributed by atoms with Gasteiger partial charge in [0.05, 0.1) is 12.1 Å². The molecule has 0 fully saturated rings. The molecular weight excluding hydrogens is 224 g/mol. The summed E-state index contributed by atoms with van der Waals surface area (Å²) >= 11 is 0. The van der Waals surface area contributed by atoms with Gasteiger partial charge in [-0.05, 0) is 24.0 Å². The predicted molar refractivity (Wildman–Crippen MR) is 70.4 cm³/mol. The first-order chi connectivity index (χ1) is 8.81. The number of fused-ring (bicyclic) bond motifs is 1. The number of hydrogen-bond acceptors (Lipinski definition) is 2. The smallest absolute Gasteiger partial charge is 0.108 e. The second-order valence-electron chi connectivity index (χ2n) is 4.85. The first-order valence-corrected chi connectivity index (χ1v) is 6.59. The van der Waals surface area contributed by atoms with E-state index in [0.29, 0.717) is 0 Å². The Bertz CT molecular complexity index is 547. The van der Waals surface area contributed by atoms with E-state index in [1.54, 1.807) is 0 Å². The van der Waals surface area contributed by atoms with Crippen LogP contribution in [0, 0.1) is 0 Å². The third-order valence-electron chi connectivity index (χ3n) is 3.87. The number of imidazole rings is 1. The molecule has 1 heterocycles. The average molecular weight is 242 g/mol. The molecule has 1 aromatic carbocycles. The second-order valence-corrected chi connectivity index (χ2v) is 4.85. The third kappa shape index (κ3) is 1.75. The molecule has 3 nitrogen and oxygen atoms in total. The van der Waals surface area contributed by atoms with E-state index in [9.17, 15) is 5.11 Å². The van der Waals surface area contributed by atoms with Crippen molar-refractivity contribution in [3.8, 4) is 0 Å². The fourth-order valence-electron chi connectivity index (χ4n) is 2.93. The molecule has 2 aromatic rings. The summed E-state index contributed by atoms with van der Waals surface area (Å²) in [6, 6.07) is 8.31. The SMILES string of the molecule is CCc1nccn1C1CCc2ccccc2C1O. The molecule has 1 aliphatic rings. The van der Waals surface area contributed by atoms with Crippen LogP contribution in [-0.4, -0.2) is 14.7 Å². The summed E-state index contributed by atoms with van der Waals surface area (Å²) in [6.07, 6.45) is 6.29. The van der Waals surface area contributed by atoms with Gasteiger partial charge in [0, 0.05) is 18.8 Å². The molecule has 3 heteroatoms. The monoisotopic (exact) mass is 242 g/mol. The highest BCUT2D eigenvalue weighted by atomic mass is 16.3. The molecule has 0 spiro atoms. The molecule has 1 aromatic heterocycles. The Kier molecular flexibility index (Phi) is 2.92. The van der Waals surface area contributed by atoms with Gasteiger partial charge in [0.2, 0.25) is 0 Å². The van der Waals surface area contributed by atoms with Crippen LogP contribution in [0.4, 0.5) is 0 Å². The Hall–Kier alpha value is -1.61. The van der Waals surface area contributed by atoms with Gasteiger partial charge in [-0.2, -0.15) is 0 Å². The van der Waals surface area contributed by atoms with Gasteiger partial charge >= 0.3 is 0 Å². The first-order valence-electron chi connectivity index (χ1n) is 6.59. The lowest BCUT2D eigenvalue weighted by atomic mass is 9.85. The maximum Gasteiger partial charge on any atom is 0.108 e. The van der Waals surface area contributed by atoms with E-state index in [1.807, 2.05) is 30.6 Å². The van der Waals surface area contributed by atoms with Gasteiger partial charge in [-0.3, -0.25) is 0 Å². The molecule has 2 unspecified atom stereocenters. The minimum atomic E-state index is -0.422. The summed E-state index contributed by atoms with van der Waals surface area (Å²) in [5.41, 5.74) is 2.35. The van der Waals surface area contributed by atoms with Crippen molar-refractivity contribution < 1.29 is 5.11 Å². The molecule has 0 bridgehead atoms. The lowest BCUT2D eigenvalue weighted by Gasteiger charge is -2.31. The van der Waals surface area contributed by atoms with Crippen LogP contribution in [-0.2, 0) is 12.8 Å². The number of aryl methyl sites for hydroxylation is 2. The van der Waals surface area contributed by atoms with Crippen molar-refractivity contribution in [3.05, 3.63) is 53.6 Å². The van der Waals surface area contributed by atoms with E-state index in [-0.39, 0.29) is 6.04 Å². The highest BCUT2D eigenvalue weighted by Crippen LogP contribution is 2.37. The van der Waals surface area contributed by atoms with Crippen LogP contribution in [0.15, 0.2) is 36.7 Å². The average Bonchev–Trinajstić information content (AvgIpc) is 2.88. The zero-order valence-corrected chi connectivity index (χ0v) is 10.6. The van der Waals surface area contributed by atoms with Gasteiger partial charge in [-0.15, -0.1) is 0 Å².